The van der Waals surface area contributed by atoms with Crippen LogP contribution in [-0.2, 0) is 0 Å². The first-order chi connectivity index (χ1) is 6.75. The molecule has 0 bridgehead atoms. The van der Waals surface area contributed by atoms with Crippen molar-refractivity contribution < 1.29 is 4.79 Å². The number of nitrogens with one attached hydrogen (secondary N) is 1. The van der Waals surface area contributed by atoms with Gasteiger partial charge in [0.15, 0.2) is 0 Å². The summed E-state index contributed by atoms with van der Waals surface area (Å²) in [5.74, 6) is -0.291. The molecule has 1 amide bonds. The largest absolute Gasteiger partial charge is 0.272 e. The third kappa shape index (κ3) is 2.85. The van der Waals surface area contributed by atoms with Crippen LogP contribution in [0.2, 0.25) is 5.02 Å². The molecule has 0 saturated heterocycles. The maximum atomic E-state index is 11.4. The minimum Gasteiger partial charge on any atom is -0.267 e. The van der Waals surface area contributed by atoms with Crippen LogP contribution in [0.25, 0.3) is 0 Å². The first-order valence-electron chi connectivity index (χ1n) is 4.32. The SMILES string of the molecule is CC/C=N/NC(=O)c1ccccc1Cl. The molecule has 1 N–H and O–H groups in total. The number of halogens is 1. The fourth-order valence-corrected chi connectivity index (χ4v) is 1.12. The lowest BCUT2D eigenvalue weighted by Crippen LogP contribution is -2.17. The average Bonchev–Trinajstić information content (AvgIpc) is 2.18. The van der Waals surface area contributed by atoms with Gasteiger partial charge >= 0.3 is 0 Å². The molecule has 0 saturated carbocycles. The summed E-state index contributed by atoms with van der Waals surface area (Å²) in [7, 11) is 0. The summed E-state index contributed by atoms with van der Waals surface area (Å²) in [6.07, 6.45) is 2.40. The smallest absolute Gasteiger partial charge is 0.267 e. The van der Waals surface area contributed by atoms with E-state index >= 15 is 0 Å². The maximum Gasteiger partial charge on any atom is 0.272 e. The molecule has 0 aliphatic carbocycles. The Balaban J connectivity index is 2.70. The van der Waals surface area contributed by atoms with Gasteiger partial charge in [-0.05, 0) is 18.6 Å². The number of hydrazone groups is 1. The van der Waals surface area contributed by atoms with Crippen LogP contribution < -0.4 is 5.43 Å². The second-order valence-electron chi connectivity index (χ2n) is 2.64. The Kier molecular flexibility index (Phi) is 4.13. The second-order valence-corrected chi connectivity index (χ2v) is 3.05. The first-order valence-corrected chi connectivity index (χ1v) is 4.70. The van der Waals surface area contributed by atoms with Gasteiger partial charge < -0.3 is 0 Å². The molecule has 14 heavy (non-hydrogen) atoms. The summed E-state index contributed by atoms with van der Waals surface area (Å²) in [5.41, 5.74) is 2.82. The summed E-state index contributed by atoms with van der Waals surface area (Å²) in [6.45, 7) is 1.94. The molecule has 0 atom stereocenters. The minimum absolute atomic E-state index is 0.291. The number of hydrogen-bond donors (Lipinski definition) is 1. The number of rotatable bonds is 3. The molecule has 0 fully saturated rings. The molecule has 4 heteroatoms. The Morgan fingerprint density at radius 2 is 2.29 bits per heavy atom. The molecular weight excluding hydrogens is 200 g/mol. The Morgan fingerprint density at radius 1 is 1.57 bits per heavy atom. The zero-order valence-electron chi connectivity index (χ0n) is 7.83. The van der Waals surface area contributed by atoms with Crippen molar-refractivity contribution in [2.45, 2.75) is 13.3 Å². The Morgan fingerprint density at radius 3 is 2.93 bits per heavy atom. The van der Waals surface area contributed by atoms with Crippen molar-refractivity contribution >= 4 is 23.7 Å². The van der Waals surface area contributed by atoms with E-state index in [1.54, 1.807) is 30.5 Å². The van der Waals surface area contributed by atoms with Crippen LogP contribution in [0.15, 0.2) is 29.4 Å². The highest BCUT2D eigenvalue weighted by Crippen LogP contribution is 2.14. The predicted molar refractivity (Wildman–Crippen MR) is 57.7 cm³/mol. The monoisotopic (exact) mass is 210 g/mol. The molecule has 0 radical (unpaired) electrons. The van der Waals surface area contributed by atoms with Crippen LogP contribution in [0.3, 0.4) is 0 Å². The van der Waals surface area contributed by atoms with Gasteiger partial charge in [0.2, 0.25) is 0 Å². The molecule has 1 rings (SSSR count). The van der Waals surface area contributed by atoms with Gasteiger partial charge in [0.1, 0.15) is 0 Å². The third-order valence-corrected chi connectivity index (χ3v) is 1.89. The number of nitrogens with zero attached hydrogens (tertiary/aromatic N) is 1. The van der Waals surface area contributed by atoms with Gasteiger partial charge in [-0.3, -0.25) is 4.79 Å². The fraction of sp³-hybridized carbons (Fsp3) is 0.200. The molecule has 3 nitrogen and oxygen atoms in total. The van der Waals surface area contributed by atoms with Crippen LogP contribution >= 0.6 is 11.6 Å². The molecule has 1 aromatic rings. The van der Waals surface area contributed by atoms with Gasteiger partial charge in [-0.15, -0.1) is 0 Å². The van der Waals surface area contributed by atoms with Gasteiger partial charge in [0, 0.05) is 6.21 Å². The van der Waals surface area contributed by atoms with Crippen LogP contribution in [0.1, 0.15) is 23.7 Å². The molecule has 0 heterocycles. The van der Waals surface area contributed by atoms with Crippen LogP contribution in [-0.4, -0.2) is 12.1 Å². The fourth-order valence-electron chi connectivity index (χ4n) is 0.901. The molecule has 1 aromatic carbocycles. The Bertz CT molecular complexity index is 350. The summed E-state index contributed by atoms with van der Waals surface area (Å²) in [4.78, 5) is 11.4. The number of amides is 1. The van der Waals surface area contributed by atoms with Crippen LogP contribution in [0, 0.1) is 0 Å². The topological polar surface area (TPSA) is 41.5 Å². The molecule has 0 aliphatic heterocycles. The normalized spacial score (nSPS) is 10.4. The van der Waals surface area contributed by atoms with Crippen LogP contribution in [0.5, 0.6) is 0 Å². The van der Waals surface area contributed by atoms with E-state index in [0.717, 1.165) is 6.42 Å². The Labute approximate surface area is 87.8 Å². The lowest BCUT2D eigenvalue weighted by molar-refractivity contribution is 0.0955. The van der Waals surface area contributed by atoms with Gasteiger partial charge in [-0.1, -0.05) is 30.7 Å². The molecule has 0 spiro atoms. The number of carbonyl (C=O) groups is 1. The van der Waals surface area contributed by atoms with Gasteiger partial charge in [-0.25, -0.2) is 5.43 Å². The van der Waals surface area contributed by atoms with Gasteiger partial charge in [-0.2, -0.15) is 5.10 Å². The highest BCUT2D eigenvalue weighted by atomic mass is 35.5. The number of hydrogen-bond acceptors (Lipinski definition) is 2. The first kappa shape index (κ1) is 10.7. The molecular formula is C10H11ClN2O. The molecule has 74 valence electrons. The lowest BCUT2D eigenvalue weighted by Gasteiger charge is -2.00. The van der Waals surface area contributed by atoms with Crippen LogP contribution in [0.4, 0.5) is 0 Å². The van der Waals surface area contributed by atoms with E-state index < -0.39 is 0 Å². The van der Waals surface area contributed by atoms with E-state index in [2.05, 4.69) is 10.5 Å². The summed E-state index contributed by atoms with van der Waals surface area (Å²) in [6, 6.07) is 6.85. The minimum atomic E-state index is -0.291. The molecule has 0 unspecified atom stereocenters. The quantitative estimate of drug-likeness (QED) is 0.604. The average molecular weight is 211 g/mol. The van der Waals surface area contributed by atoms with Gasteiger partial charge in [0.25, 0.3) is 5.91 Å². The van der Waals surface area contributed by atoms with E-state index in [-0.39, 0.29) is 5.91 Å². The number of benzene rings is 1. The van der Waals surface area contributed by atoms with Crippen molar-refractivity contribution in [3.63, 3.8) is 0 Å². The molecule has 0 aliphatic rings. The standard InChI is InChI=1S/C10H11ClN2O/c1-2-7-12-13-10(14)8-5-3-4-6-9(8)11/h3-7H,2H2,1H3,(H,13,14)/b12-7+. The molecule has 0 aromatic heterocycles. The maximum absolute atomic E-state index is 11.4. The van der Waals surface area contributed by atoms with Crippen molar-refractivity contribution in [2.24, 2.45) is 5.10 Å². The second kappa shape index (κ2) is 5.40. The van der Waals surface area contributed by atoms with Crippen molar-refractivity contribution in [3.05, 3.63) is 34.9 Å². The lowest BCUT2D eigenvalue weighted by atomic mass is 10.2. The zero-order valence-corrected chi connectivity index (χ0v) is 8.58. The highest BCUT2D eigenvalue weighted by molar-refractivity contribution is 6.33. The summed E-state index contributed by atoms with van der Waals surface area (Å²) in [5, 5.41) is 4.15. The summed E-state index contributed by atoms with van der Waals surface area (Å²) >= 11 is 5.82. The van der Waals surface area contributed by atoms with E-state index in [9.17, 15) is 4.79 Å². The van der Waals surface area contributed by atoms with E-state index in [1.807, 2.05) is 6.92 Å². The summed E-state index contributed by atoms with van der Waals surface area (Å²) < 4.78 is 0. The highest BCUT2D eigenvalue weighted by Gasteiger charge is 2.07. The van der Waals surface area contributed by atoms with Crippen molar-refractivity contribution in [1.29, 1.82) is 0 Å². The van der Waals surface area contributed by atoms with E-state index in [0.29, 0.717) is 10.6 Å². The van der Waals surface area contributed by atoms with Crippen molar-refractivity contribution in [3.8, 4) is 0 Å². The van der Waals surface area contributed by atoms with E-state index in [1.165, 1.54) is 0 Å². The zero-order chi connectivity index (χ0) is 10.4. The van der Waals surface area contributed by atoms with Gasteiger partial charge in [0.05, 0.1) is 10.6 Å². The number of carbonyl (C=O) groups excluding carboxylic acids is 1. The van der Waals surface area contributed by atoms with Crippen molar-refractivity contribution in [2.75, 3.05) is 0 Å². The van der Waals surface area contributed by atoms with Crippen molar-refractivity contribution in [1.82, 2.24) is 5.43 Å². The predicted octanol–water partition coefficient (Wildman–Crippen LogP) is 2.47. The third-order valence-electron chi connectivity index (χ3n) is 1.56. The Hall–Kier alpha value is -1.35. The van der Waals surface area contributed by atoms with E-state index in [4.69, 9.17) is 11.6 Å².